The van der Waals surface area contributed by atoms with Crippen LogP contribution in [0.4, 0.5) is 0 Å². The second-order valence-electron chi connectivity index (χ2n) is 5.73. The molecular formula is C19H34O2. The maximum absolute atomic E-state index is 10.4. The minimum atomic E-state index is 0.462. The van der Waals surface area contributed by atoms with Gasteiger partial charge in [-0.25, -0.2) is 4.79 Å². The lowest BCUT2D eigenvalue weighted by atomic mass is 10.0. The first kappa shape index (κ1) is 20.0. The highest BCUT2D eigenvalue weighted by atomic mass is 16.5. The van der Waals surface area contributed by atoms with E-state index in [4.69, 9.17) is 4.74 Å². The molecule has 21 heavy (non-hydrogen) atoms. The van der Waals surface area contributed by atoms with Crippen LogP contribution in [0.3, 0.4) is 0 Å². The van der Waals surface area contributed by atoms with Crippen LogP contribution in [0.15, 0.2) is 17.9 Å². The molecule has 2 nitrogen and oxygen atoms in total. The molecule has 0 aliphatic carbocycles. The second-order valence-corrected chi connectivity index (χ2v) is 5.73. The zero-order valence-electron chi connectivity index (χ0n) is 14.2. The summed E-state index contributed by atoms with van der Waals surface area (Å²) in [5, 5.41) is 0. The lowest BCUT2D eigenvalue weighted by Crippen LogP contribution is -1.88. The highest BCUT2D eigenvalue weighted by molar-refractivity contribution is 5.49. The third-order valence-electron chi connectivity index (χ3n) is 3.87. The molecule has 0 fully saturated rings. The van der Waals surface area contributed by atoms with Crippen molar-refractivity contribution in [1.82, 2.24) is 0 Å². The number of hydrogen-bond donors (Lipinski definition) is 0. The summed E-state index contributed by atoms with van der Waals surface area (Å²) in [6.07, 6.45) is 20.9. The van der Waals surface area contributed by atoms with E-state index in [-0.39, 0.29) is 0 Å². The normalized spacial score (nSPS) is 10.8. The monoisotopic (exact) mass is 294 g/mol. The molecule has 0 amide bonds. The molecule has 0 unspecified atom stereocenters. The molecule has 0 saturated carbocycles. The van der Waals surface area contributed by atoms with Crippen LogP contribution in [-0.4, -0.2) is 13.1 Å². The van der Waals surface area contributed by atoms with Gasteiger partial charge in [0.25, 0.3) is 0 Å². The summed E-state index contributed by atoms with van der Waals surface area (Å²) >= 11 is 0. The topological polar surface area (TPSA) is 26.3 Å². The zero-order chi connectivity index (χ0) is 15.6. The molecule has 0 aromatic heterocycles. The van der Waals surface area contributed by atoms with Crippen molar-refractivity contribution in [2.75, 3.05) is 7.11 Å². The molecule has 0 spiro atoms. The van der Waals surface area contributed by atoms with Crippen LogP contribution in [0.1, 0.15) is 90.4 Å². The van der Waals surface area contributed by atoms with E-state index >= 15 is 0 Å². The fraction of sp³-hybridized carbons (Fsp3) is 0.789. The molecule has 0 rings (SSSR count). The summed E-state index contributed by atoms with van der Waals surface area (Å²) in [5.41, 5.74) is 0. The molecule has 122 valence electrons. The van der Waals surface area contributed by atoms with Gasteiger partial charge in [-0.1, -0.05) is 69.9 Å². The first-order chi connectivity index (χ1) is 10.3. The molecule has 0 saturated heterocycles. The summed E-state index contributed by atoms with van der Waals surface area (Å²) in [5.74, 6) is 2.30. The van der Waals surface area contributed by atoms with Crippen LogP contribution < -0.4 is 0 Å². The largest absolute Gasteiger partial charge is 0.490 e. The van der Waals surface area contributed by atoms with Crippen molar-refractivity contribution in [3.05, 3.63) is 17.9 Å². The van der Waals surface area contributed by atoms with Gasteiger partial charge in [0.05, 0.1) is 7.11 Å². The number of hydrogen-bond acceptors (Lipinski definition) is 2. The number of allylic oxidation sites excluding steroid dienone is 3. The third kappa shape index (κ3) is 15.2. The molecular weight excluding hydrogens is 260 g/mol. The van der Waals surface area contributed by atoms with E-state index in [1.807, 2.05) is 5.94 Å². The minimum absolute atomic E-state index is 0.462. The van der Waals surface area contributed by atoms with Gasteiger partial charge in [0.15, 0.2) is 11.7 Å². The standard InChI is InChI=1S/C19H34O2/c1-3-4-5-6-7-8-9-10-11-12-13-14-15-16-17-19(18-20)21-2/h3-4H,5-17H2,1-2H3/b4-3+. The van der Waals surface area contributed by atoms with Crippen LogP contribution in [0, 0.1) is 0 Å². The number of carbonyl (C=O) groups excluding carboxylic acids is 1. The smallest absolute Gasteiger partial charge is 0.179 e. The van der Waals surface area contributed by atoms with Gasteiger partial charge in [-0.15, -0.1) is 0 Å². The van der Waals surface area contributed by atoms with Crippen molar-refractivity contribution in [3.63, 3.8) is 0 Å². The Morgan fingerprint density at radius 2 is 1.33 bits per heavy atom. The molecule has 0 aliphatic rings. The molecule has 2 heteroatoms. The van der Waals surface area contributed by atoms with Gasteiger partial charge in [-0.3, -0.25) is 0 Å². The number of methoxy groups -OCH3 is 1. The second kappa shape index (κ2) is 17.0. The lowest BCUT2D eigenvalue weighted by Gasteiger charge is -2.03. The average Bonchev–Trinajstić information content (AvgIpc) is 2.51. The predicted octanol–water partition coefficient (Wildman–Crippen LogP) is 6.00. The summed E-state index contributed by atoms with van der Waals surface area (Å²) in [6.45, 7) is 2.09. The molecule has 0 aromatic carbocycles. The summed E-state index contributed by atoms with van der Waals surface area (Å²) < 4.78 is 4.90. The lowest BCUT2D eigenvalue weighted by molar-refractivity contribution is 0.277. The highest BCUT2D eigenvalue weighted by Gasteiger charge is 1.97. The van der Waals surface area contributed by atoms with Crippen molar-refractivity contribution in [3.8, 4) is 0 Å². The van der Waals surface area contributed by atoms with Crippen LogP contribution in [-0.2, 0) is 9.53 Å². The maximum atomic E-state index is 10.4. The average molecular weight is 294 g/mol. The van der Waals surface area contributed by atoms with Crippen LogP contribution in [0.2, 0.25) is 0 Å². The Bertz CT molecular complexity index is 288. The van der Waals surface area contributed by atoms with Gasteiger partial charge in [0, 0.05) is 6.42 Å². The van der Waals surface area contributed by atoms with Crippen molar-refractivity contribution < 1.29 is 9.53 Å². The quantitative estimate of drug-likeness (QED) is 0.160. The van der Waals surface area contributed by atoms with Gasteiger partial charge >= 0.3 is 0 Å². The van der Waals surface area contributed by atoms with Crippen molar-refractivity contribution in [2.45, 2.75) is 90.4 Å². The first-order valence-electron chi connectivity index (χ1n) is 8.74. The molecule has 0 bridgehead atoms. The molecule has 0 N–H and O–H groups in total. The van der Waals surface area contributed by atoms with E-state index in [2.05, 4.69) is 19.1 Å². The van der Waals surface area contributed by atoms with E-state index in [1.165, 1.54) is 70.6 Å². The zero-order valence-corrected chi connectivity index (χ0v) is 14.2. The number of unbranched alkanes of at least 4 members (excludes halogenated alkanes) is 11. The fourth-order valence-electron chi connectivity index (χ4n) is 2.50. The maximum Gasteiger partial charge on any atom is 0.179 e. The Hall–Kier alpha value is -1.01. The first-order valence-corrected chi connectivity index (χ1v) is 8.74. The van der Waals surface area contributed by atoms with Gasteiger partial charge in [-0.2, -0.15) is 0 Å². The summed E-state index contributed by atoms with van der Waals surface area (Å²) in [4.78, 5) is 10.4. The van der Waals surface area contributed by atoms with Gasteiger partial charge < -0.3 is 4.74 Å². The Kier molecular flexibility index (Phi) is 16.2. The highest BCUT2D eigenvalue weighted by Crippen LogP contribution is 2.13. The molecule has 0 heterocycles. The molecule has 0 aromatic rings. The Labute approximate surface area is 131 Å². The van der Waals surface area contributed by atoms with E-state index in [0.717, 1.165) is 12.8 Å². The van der Waals surface area contributed by atoms with Crippen molar-refractivity contribution >= 4 is 5.94 Å². The molecule has 0 radical (unpaired) electrons. The third-order valence-corrected chi connectivity index (χ3v) is 3.87. The fourth-order valence-corrected chi connectivity index (χ4v) is 2.50. The van der Waals surface area contributed by atoms with Crippen LogP contribution >= 0.6 is 0 Å². The SMILES string of the molecule is C/C=C/CCCCCCCCCCCCCC(=C=O)OC. The van der Waals surface area contributed by atoms with Gasteiger partial charge in [0.2, 0.25) is 0 Å². The Morgan fingerprint density at radius 1 is 0.857 bits per heavy atom. The number of ether oxygens (including phenoxy) is 1. The van der Waals surface area contributed by atoms with E-state index < -0.39 is 0 Å². The predicted molar refractivity (Wildman–Crippen MR) is 91.1 cm³/mol. The van der Waals surface area contributed by atoms with Crippen molar-refractivity contribution in [2.24, 2.45) is 0 Å². The summed E-state index contributed by atoms with van der Waals surface area (Å²) in [6, 6.07) is 0. The molecule has 0 aliphatic heterocycles. The van der Waals surface area contributed by atoms with E-state index in [9.17, 15) is 4.79 Å². The Balaban J connectivity index is 3.11. The number of rotatable bonds is 15. The van der Waals surface area contributed by atoms with Crippen molar-refractivity contribution in [1.29, 1.82) is 0 Å². The minimum Gasteiger partial charge on any atom is -0.490 e. The van der Waals surface area contributed by atoms with E-state index in [0.29, 0.717) is 5.76 Å². The molecule has 0 atom stereocenters. The van der Waals surface area contributed by atoms with E-state index in [1.54, 1.807) is 7.11 Å². The Morgan fingerprint density at radius 3 is 1.76 bits per heavy atom. The van der Waals surface area contributed by atoms with Crippen LogP contribution in [0.5, 0.6) is 0 Å². The van der Waals surface area contributed by atoms with Gasteiger partial charge in [0.1, 0.15) is 0 Å². The van der Waals surface area contributed by atoms with Crippen LogP contribution in [0.25, 0.3) is 0 Å². The van der Waals surface area contributed by atoms with Gasteiger partial charge in [-0.05, 0) is 26.2 Å². The summed E-state index contributed by atoms with van der Waals surface area (Å²) in [7, 11) is 1.54.